The lowest BCUT2D eigenvalue weighted by Gasteiger charge is -2.17. The Morgan fingerprint density at radius 1 is 0.833 bits per heavy atom. The third-order valence-corrected chi connectivity index (χ3v) is 5.67. The minimum atomic E-state index is -0.719. The van der Waals surface area contributed by atoms with Crippen molar-refractivity contribution >= 4 is 11.9 Å². The van der Waals surface area contributed by atoms with Gasteiger partial charge in [0.25, 0.3) is 0 Å². The summed E-state index contributed by atoms with van der Waals surface area (Å²) in [5.41, 5.74) is 3.14. The van der Waals surface area contributed by atoms with Gasteiger partial charge in [0.15, 0.2) is 18.3 Å². The van der Waals surface area contributed by atoms with Gasteiger partial charge >= 0.3 is 11.9 Å². The van der Waals surface area contributed by atoms with Gasteiger partial charge in [-0.1, -0.05) is 12.1 Å². The lowest BCUT2D eigenvalue weighted by atomic mass is 9.92. The highest BCUT2D eigenvalue weighted by Crippen LogP contribution is 2.47. The molecule has 0 bridgehead atoms. The Labute approximate surface area is 208 Å². The molecule has 0 spiro atoms. The van der Waals surface area contributed by atoms with Crippen molar-refractivity contribution < 1.29 is 43.1 Å². The minimum absolute atomic E-state index is 0.00601. The number of hydrogen-bond acceptors (Lipinski definition) is 9. The average Bonchev–Trinajstić information content (AvgIpc) is 3.31. The molecule has 0 unspecified atom stereocenters. The first-order valence-electron chi connectivity index (χ1n) is 10.9. The van der Waals surface area contributed by atoms with Gasteiger partial charge < -0.3 is 38.5 Å². The molecule has 2 N–H and O–H groups in total. The number of aliphatic hydroxyl groups excluding tert-OH is 1. The molecule has 10 heteroatoms. The predicted molar refractivity (Wildman–Crippen MR) is 131 cm³/mol. The normalized spacial score (nSPS) is 10.6. The van der Waals surface area contributed by atoms with Gasteiger partial charge in [0, 0.05) is 29.9 Å². The Balaban J connectivity index is 2.50. The highest BCUT2D eigenvalue weighted by Gasteiger charge is 2.31. The number of nitrogens with one attached hydrogen (secondary N) is 1. The fourth-order valence-electron chi connectivity index (χ4n) is 3.86. The van der Waals surface area contributed by atoms with Crippen LogP contribution in [0.2, 0.25) is 0 Å². The summed E-state index contributed by atoms with van der Waals surface area (Å²) in [6.45, 7) is 1.55. The van der Waals surface area contributed by atoms with Crippen molar-refractivity contribution in [2.24, 2.45) is 0 Å². The van der Waals surface area contributed by atoms with Gasteiger partial charge in [-0.25, -0.2) is 9.59 Å². The van der Waals surface area contributed by atoms with Crippen LogP contribution in [-0.4, -0.2) is 64.4 Å². The van der Waals surface area contributed by atoms with Gasteiger partial charge in [-0.2, -0.15) is 0 Å². The number of aromatic nitrogens is 1. The van der Waals surface area contributed by atoms with Crippen molar-refractivity contribution in [1.82, 2.24) is 4.98 Å². The minimum Gasteiger partial charge on any atom is -0.493 e. The van der Waals surface area contributed by atoms with Gasteiger partial charge in [0.05, 0.1) is 35.0 Å². The van der Waals surface area contributed by atoms with Crippen LogP contribution in [-0.2, 0) is 20.8 Å². The van der Waals surface area contributed by atoms with Crippen LogP contribution in [0.25, 0.3) is 22.3 Å². The second kappa shape index (κ2) is 11.6. The van der Waals surface area contributed by atoms with Crippen molar-refractivity contribution in [2.75, 3.05) is 42.3 Å². The third-order valence-electron chi connectivity index (χ3n) is 5.67. The van der Waals surface area contributed by atoms with E-state index in [9.17, 15) is 14.7 Å². The van der Waals surface area contributed by atoms with E-state index in [2.05, 4.69) is 4.98 Å². The highest BCUT2D eigenvalue weighted by molar-refractivity contribution is 6.09. The largest absolute Gasteiger partial charge is 0.493 e. The SMILES string of the molecule is COCOc1cc(OC)c(OC)cc1-c1c(C(=O)OC)[nH]c(C(=O)OC)c1-c1ccc(C)c(CO)c1. The molecule has 192 valence electrons. The number of benzene rings is 2. The summed E-state index contributed by atoms with van der Waals surface area (Å²) in [7, 11) is 6.90. The van der Waals surface area contributed by atoms with Crippen LogP contribution < -0.4 is 14.2 Å². The van der Waals surface area contributed by atoms with Gasteiger partial charge in [0.1, 0.15) is 17.1 Å². The van der Waals surface area contributed by atoms with Gasteiger partial charge in [-0.3, -0.25) is 0 Å². The fourth-order valence-corrected chi connectivity index (χ4v) is 3.86. The van der Waals surface area contributed by atoms with Crippen molar-refractivity contribution in [3.05, 3.63) is 52.8 Å². The number of aromatic amines is 1. The molecule has 1 heterocycles. The van der Waals surface area contributed by atoms with Crippen molar-refractivity contribution in [3.8, 4) is 39.5 Å². The topological polar surface area (TPSA) is 126 Å². The average molecular weight is 500 g/mol. The van der Waals surface area contributed by atoms with Crippen LogP contribution in [0, 0.1) is 6.92 Å². The number of carbonyl (C=O) groups excluding carboxylic acids is 2. The lowest BCUT2D eigenvalue weighted by Crippen LogP contribution is -2.06. The third kappa shape index (κ3) is 5.00. The Morgan fingerprint density at radius 2 is 1.44 bits per heavy atom. The van der Waals surface area contributed by atoms with E-state index in [0.717, 1.165) is 5.56 Å². The molecule has 36 heavy (non-hydrogen) atoms. The van der Waals surface area contributed by atoms with Crippen LogP contribution in [0.1, 0.15) is 32.1 Å². The van der Waals surface area contributed by atoms with Crippen molar-refractivity contribution in [1.29, 1.82) is 0 Å². The zero-order valence-corrected chi connectivity index (χ0v) is 21.0. The number of ether oxygens (including phenoxy) is 6. The number of H-pyrrole nitrogens is 1. The number of aryl methyl sites for hydroxylation is 1. The van der Waals surface area contributed by atoms with E-state index < -0.39 is 11.9 Å². The monoisotopic (exact) mass is 499 g/mol. The van der Waals surface area contributed by atoms with Crippen LogP contribution in [0.4, 0.5) is 0 Å². The Morgan fingerprint density at radius 3 is 2.00 bits per heavy atom. The molecule has 3 rings (SSSR count). The lowest BCUT2D eigenvalue weighted by molar-refractivity contribution is 0.0513. The molecule has 0 fully saturated rings. The Kier molecular flexibility index (Phi) is 8.57. The van der Waals surface area contributed by atoms with E-state index in [0.29, 0.717) is 45.1 Å². The molecule has 0 saturated heterocycles. The first-order valence-corrected chi connectivity index (χ1v) is 10.9. The summed E-state index contributed by atoms with van der Waals surface area (Å²) < 4.78 is 31.8. The summed E-state index contributed by atoms with van der Waals surface area (Å²) in [6.07, 6.45) is 0. The number of esters is 2. The molecule has 0 atom stereocenters. The summed E-state index contributed by atoms with van der Waals surface area (Å²) in [5.74, 6) is -0.378. The Bertz CT molecular complexity index is 1260. The smallest absolute Gasteiger partial charge is 0.355 e. The quantitative estimate of drug-likeness (QED) is 0.317. The number of carbonyl (C=O) groups is 2. The molecule has 0 aliphatic heterocycles. The molecule has 10 nitrogen and oxygen atoms in total. The summed E-state index contributed by atoms with van der Waals surface area (Å²) >= 11 is 0. The van der Waals surface area contributed by atoms with Gasteiger partial charge in [0.2, 0.25) is 0 Å². The molecule has 0 radical (unpaired) electrons. The zero-order valence-electron chi connectivity index (χ0n) is 21.0. The molecular formula is C26H29NO9. The maximum atomic E-state index is 12.9. The Hall–Kier alpha value is -4.02. The molecule has 1 aromatic heterocycles. The number of aliphatic hydroxyl groups is 1. The molecular weight excluding hydrogens is 470 g/mol. The van der Waals surface area contributed by atoms with E-state index in [1.807, 2.05) is 13.0 Å². The first kappa shape index (κ1) is 26.6. The molecule has 0 aliphatic carbocycles. The maximum absolute atomic E-state index is 12.9. The number of rotatable bonds is 10. The second-order valence-corrected chi connectivity index (χ2v) is 7.66. The molecule has 2 aromatic carbocycles. The van der Waals surface area contributed by atoms with Crippen molar-refractivity contribution in [3.63, 3.8) is 0 Å². The standard InChI is InChI=1S/C26H29NO9/c1-14-7-8-15(9-16(14)12-28)21-22(24(26(30)35-6)27-23(21)25(29)34-5)17-10-19(32-3)20(33-4)11-18(17)36-13-31-2/h7-11,27-28H,12-13H2,1-6H3. The number of hydrogen-bond donors (Lipinski definition) is 2. The van der Waals surface area contributed by atoms with E-state index in [-0.39, 0.29) is 24.8 Å². The van der Waals surface area contributed by atoms with Crippen molar-refractivity contribution in [2.45, 2.75) is 13.5 Å². The highest BCUT2D eigenvalue weighted by atomic mass is 16.7. The zero-order chi connectivity index (χ0) is 26.4. The number of methoxy groups -OCH3 is 5. The van der Waals surface area contributed by atoms with Crippen LogP contribution >= 0.6 is 0 Å². The van der Waals surface area contributed by atoms with Crippen LogP contribution in [0.15, 0.2) is 30.3 Å². The van der Waals surface area contributed by atoms with Gasteiger partial charge in [-0.05, 0) is 35.7 Å². The maximum Gasteiger partial charge on any atom is 0.355 e. The fraction of sp³-hybridized carbons (Fsp3) is 0.308. The van der Waals surface area contributed by atoms with E-state index in [4.69, 9.17) is 28.4 Å². The summed E-state index contributed by atoms with van der Waals surface area (Å²) in [5, 5.41) is 9.86. The molecule has 0 aliphatic rings. The molecule has 0 amide bonds. The van der Waals surface area contributed by atoms with Gasteiger partial charge in [-0.15, -0.1) is 0 Å². The van der Waals surface area contributed by atoms with E-state index in [1.54, 1.807) is 24.3 Å². The first-order chi connectivity index (χ1) is 17.3. The van der Waals surface area contributed by atoms with Crippen LogP contribution in [0.5, 0.6) is 17.2 Å². The second-order valence-electron chi connectivity index (χ2n) is 7.66. The predicted octanol–water partition coefficient (Wildman–Crippen LogP) is 3.72. The molecule has 0 saturated carbocycles. The molecule has 3 aromatic rings. The summed E-state index contributed by atoms with van der Waals surface area (Å²) in [6, 6.07) is 8.56. The summed E-state index contributed by atoms with van der Waals surface area (Å²) in [4.78, 5) is 28.7. The van der Waals surface area contributed by atoms with E-state index in [1.165, 1.54) is 35.5 Å². The van der Waals surface area contributed by atoms with Crippen LogP contribution in [0.3, 0.4) is 0 Å². The van der Waals surface area contributed by atoms with E-state index >= 15 is 0 Å².